The molecule has 150 valence electrons. The van der Waals surface area contributed by atoms with Crippen LogP contribution in [0.5, 0.6) is 5.75 Å². The molecule has 0 amide bonds. The van der Waals surface area contributed by atoms with Crippen molar-refractivity contribution in [1.29, 1.82) is 0 Å². The number of Topliss-reactive ketones (excluding diaryl/α,β-unsaturated/α-hetero) is 1. The van der Waals surface area contributed by atoms with Gasteiger partial charge in [-0.25, -0.2) is 4.39 Å². The molecule has 0 saturated carbocycles. The molecule has 1 aliphatic rings. The number of ether oxygens (including phenoxy) is 2. The van der Waals surface area contributed by atoms with Gasteiger partial charge in [0, 0.05) is 31.2 Å². The van der Waals surface area contributed by atoms with Gasteiger partial charge in [0.2, 0.25) is 0 Å². The maximum atomic E-state index is 13.4. The van der Waals surface area contributed by atoms with Gasteiger partial charge in [0.1, 0.15) is 24.3 Å². The van der Waals surface area contributed by atoms with E-state index in [1.807, 2.05) is 24.4 Å². The smallest absolute Gasteiger partial charge is 0.163 e. The van der Waals surface area contributed by atoms with Crippen LogP contribution in [0.25, 0.3) is 10.9 Å². The minimum atomic E-state index is -0.452. The van der Waals surface area contributed by atoms with Crippen LogP contribution in [0.1, 0.15) is 22.8 Å². The second-order valence-corrected chi connectivity index (χ2v) is 7.22. The summed E-state index contributed by atoms with van der Waals surface area (Å²) in [6.45, 7) is 4.67. The average molecular weight is 394 g/mol. The minimum absolute atomic E-state index is 0.123. The highest BCUT2D eigenvalue weighted by molar-refractivity contribution is 5.96. The maximum Gasteiger partial charge on any atom is 0.163 e. The quantitative estimate of drug-likeness (QED) is 0.595. The summed E-state index contributed by atoms with van der Waals surface area (Å²) in [5.74, 6) is -0.290. The molecule has 2 aromatic carbocycles. The van der Waals surface area contributed by atoms with Crippen molar-refractivity contribution in [3.8, 4) is 5.75 Å². The van der Waals surface area contributed by atoms with Crippen LogP contribution in [0.2, 0.25) is 0 Å². The van der Waals surface area contributed by atoms with Crippen molar-refractivity contribution < 1.29 is 18.7 Å². The molecular weight excluding hydrogens is 371 g/mol. The predicted octanol–water partition coefficient (Wildman–Crippen LogP) is 3.86. The first-order valence-corrected chi connectivity index (χ1v) is 9.70. The Bertz CT molecular complexity index is 1020. The van der Waals surface area contributed by atoms with Gasteiger partial charge in [0.05, 0.1) is 17.7 Å². The Kier molecular flexibility index (Phi) is 5.83. The van der Waals surface area contributed by atoms with Crippen LogP contribution in [0.4, 0.5) is 4.39 Å². The Hall–Kier alpha value is -2.83. The van der Waals surface area contributed by atoms with E-state index in [1.165, 1.54) is 30.7 Å². The third-order valence-electron chi connectivity index (χ3n) is 5.10. The molecule has 6 heteroatoms. The number of benzene rings is 2. The van der Waals surface area contributed by atoms with Crippen molar-refractivity contribution >= 4 is 16.7 Å². The molecular formula is C23H23FN2O3. The lowest BCUT2D eigenvalue weighted by Gasteiger charge is -2.33. The summed E-state index contributed by atoms with van der Waals surface area (Å²) in [4.78, 5) is 18.5. The van der Waals surface area contributed by atoms with Crippen LogP contribution in [-0.4, -0.2) is 48.1 Å². The van der Waals surface area contributed by atoms with Gasteiger partial charge in [-0.05, 0) is 42.8 Å². The van der Waals surface area contributed by atoms with Crippen LogP contribution < -0.4 is 4.74 Å². The molecule has 1 fully saturated rings. The molecule has 3 aromatic rings. The Morgan fingerprint density at radius 1 is 1.28 bits per heavy atom. The fraction of sp³-hybridized carbons (Fsp3) is 0.304. The molecule has 4 rings (SSSR count). The molecule has 2 heterocycles. The van der Waals surface area contributed by atoms with Crippen LogP contribution in [0, 0.1) is 5.82 Å². The number of hydrogen-bond acceptors (Lipinski definition) is 5. The summed E-state index contributed by atoms with van der Waals surface area (Å²) in [5, 5.41) is 1.16. The summed E-state index contributed by atoms with van der Waals surface area (Å²) < 4.78 is 25.1. The minimum Gasteiger partial charge on any atom is -0.490 e. The number of pyridine rings is 1. The average Bonchev–Trinajstić information content (AvgIpc) is 2.73. The van der Waals surface area contributed by atoms with Crippen molar-refractivity contribution in [2.24, 2.45) is 0 Å². The lowest BCUT2D eigenvalue weighted by Crippen LogP contribution is -2.44. The molecule has 1 saturated heterocycles. The third-order valence-corrected chi connectivity index (χ3v) is 5.10. The zero-order valence-electron chi connectivity index (χ0n) is 16.3. The summed E-state index contributed by atoms with van der Waals surface area (Å²) in [6, 6.07) is 14.2. The second kappa shape index (κ2) is 8.68. The fourth-order valence-corrected chi connectivity index (χ4v) is 3.64. The van der Waals surface area contributed by atoms with Crippen LogP contribution in [0.15, 0.2) is 54.7 Å². The summed E-state index contributed by atoms with van der Waals surface area (Å²) in [5.41, 5.74) is 2.47. The predicted molar refractivity (Wildman–Crippen MR) is 109 cm³/mol. The van der Waals surface area contributed by atoms with Gasteiger partial charge in [-0.15, -0.1) is 0 Å². The van der Waals surface area contributed by atoms with Gasteiger partial charge < -0.3 is 9.47 Å². The zero-order valence-corrected chi connectivity index (χ0v) is 16.3. The number of para-hydroxylation sites is 1. The first-order valence-electron chi connectivity index (χ1n) is 9.70. The Labute approximate surface area is 169 Å². The SMILES string of the molecule is CC(=O)c1cc(F)ccc1OCC1CN(Cc2ccnc3ccccc23)CCO1. The van der Waals surface area contributed by atoms with E-state index in [-0.39, 0.29) is 17.5 Å². The topological polar surface area (TPSA) is 51.7 Å². The molecule has 1 unspecified atom stereocenters. The molecule has 1 aliphatic heterocycles. The highest BCUT2D eigenvalue weighted by Gasteiger charge is 2.22. The van der Waals surface area contributed by atoms with Crippen molar-refractivity contribution in [1.82, 2.24) is 9.88 Å². The zero-order chi connectivity index (χ0) is 20.2. The van der Waals surface area contributed by atoms with Crippen LogP contribution in [-0.2, 0) is 11.3 Å². The van der Waals surface area contributed by atoms with E-state index in [9.17, 15) is 9.18 Å². The largest absolute Gasteiger partial charge is 0.490 e. The van der Waals surface area contributed by atoms with Crippen LogP contribution >= 0.6 is 0 Å². The summed E-state index contributed by atoms with van der Waals surface area (Å²) in [7, 11) is 0. The van der Waals surface area contributed by atoms with E-state index in [4.69, 9.17) is 9.47 Å². The Morgan fingerprint density at radius 2 is 2.14 bits per heavy atom. The number of rotatable bonds is 6. The first kappa shape index (κ1) is 19.5. The molecule has 0 radical (unpaired) electrons. The molecule has 0 aliphatic carbocycles. The molecule has 5 nitrogen and oxygen atoms in total. The third kappa shape index (κ3) is 4.60. The summed E-state index contributed by atoms with van der Waals surface area (Å²) in [6.07, 6.45) is 1.72. The van der Waals surface area contributed by atoms with E-state index in [2.05, 4.69) is 22.0 Å². The van der Waals surface area contributed by atoms with Crippen molar-refractivity contribution in [3.63, 3.8) is 0 Å². The number of nitrogens with zero attached hydrogens (tertiary/aromatic N) is 2. The Balaban J connectivity index is 1.41. The van der Waals surface area contributed by atoms with Crippen molar-refractivity contribution in [2.75, 3.05) is 26.3 Å². The van der Waals surface area contributed by atoms with Gasteiger partial charge in [0.15, 0.2) is 5.78 Å². The molecule has 0 spiro atoms. The Morgan fingerprint density at radius 3 is 3.00 bits per heavy atom. The molecule has 0 bridgehead atoms. The highest BCUT2D eigenvalue weighted by atomic mass is 19.1. The number of fused-ring (bicyclic) bond motifs is 1. The number of aromatic nitrogens is 1. The molecule has 0 N–H and O–H groups in total. The highest BCUT2D eigenvalue weighted by Crippen LogP contribution is 2.22. The maximum absolute atomic E-state index is 13.4. The van der Waals surface area contributed by atoms with E-state index in [1.54, 1.807) is 0 Å². The normalized spacial score (nSPS) is 17.4. The number of morpholine rings is 1. The van der Waals surface area contributed by atoms with Gasteiger partial charge in [-0.3, -0.25) is 14.7 Å². The van der Waals surface area contributed by atoms with Gasteiger partial charge in [-0.1, -0.05) is 18.2 Å². The van der Waals surface area contributed by atoms with Gasteiger partial charge >= 0.3 is 0 Å². The standard InChI is InChI=1S/C23H23FN2O3/c1-16(27)21-12-18(24)6-7-23(21)29-15-19-14-26(10-11-28-19)13-17-8-9-25-22-5-3-2-4-20(17)22/h2-9,12,19H,10-11,13-15H2,1H3. The monoisotopic (exact) mass is 394 g/mol. The lowest BCUT2D eigenvalue weighted by atomic mass is 10.1. The number of halogens is 1. The number of hydrogen-bond donors (Lipinski definition) is 0. The van der Waals surface area contributed by atoms with Gasteiger partial charge in [-0.2, -0.15) is 0 Å². The summed E-state index contributed by atoms with van der Waals surface area (Å²) >= 11 is 0. The second-order valence-electron chi connectivity index (χ2n) is 7.22. The van der Waals surface area contributed by atoms with Crippen LogP contribution in [0.3, 0.4) is 0 Å². The number of carbonyl (C=O) groups is 1. The first-order chi connectivity index (χ1) is 14.1. The molecule has 1 atom stereocenters. The number of carbonyl (C=O) groups excluding carboxylic acids is 1. The molecule has 1 aromatic heterocycles. The van der Waals surface area contributed by atoms with E-state index in [0.29, 0.717) is 25.5 Å². The van der Waals surface area contributed by atoms with Crippen molar-refractivity contribution in [3.05, 3.63) is 71.7 Å². The molecule has 29 heavy (non-hydrogen) atoms. The number of ketones is 1. The van der Waals surface area contributed by atoms with Gasteiger partial charge in [0.25, 0.3) is 0 Å². The van der Waals surface area contributed by atoms with E-state index < -0.39 is 5.82 Å². The van der Waals surface area contributed by atoms with E-state index in [0.717, 1.165) is 24.0 Å². The van der Waals surface area contributed by atoms with E-state index >= 15 is 0 Å². The fourth-order valence-electron chi connectivity index (χ4n) is 3.64. The van der Waals surface area contributed by atoms with Crippen molar-refractivity contribution in [2.45, 2.75) is 19.6 Å². The lowest BCUT2D eigenvalue weighted by molar-refractivity contribution is -0.0504.